The predicted molar refractivity (Wildman–Crippen MR) is 30.6 cm³/mol. The van der Waals surface area contributed by atoms with Gasteiger partial charge in [0.15, 0.2) is 0 Å². The molecule has 1 aromatic heterocycles. The summed E-state index contributed by atoms with van der Waals surface area (Å²) in [5.74, 6) is -0.540. The number of rotatable bonds is 0. The minimum atomic E-state index is -0.565. The molecular formula is C6H6FNO. The van der Waals surface area contributed by atoms with E-state index in [9.17, 15) is 4.39 Å². The number of hydrogen-bond acceptors (Lipinski definition) is 2. The van der Waals surface area contributed by atoms with E-state index in [0.29, 0.717) is 5.56 Å². The van der Waals surface area contributed by atoms with Gasteiger partial charge in [-0.25, -0.2) is 4.98 Å². The van der Waals surface area contributed by atoms with Crippen molar-refractivity contribution in [1.82, 2.24) is 4.98 Å². The highest BCUT2D eigenvalue weighted by Crippen LogP contribution is 2.12. The molecule has 0 aliphatic heterocycles. The molecule has 0 radical (unpaired) electrons. The second-order valence-corrected chi connectivity index (χ2v) is 1.79. The second-order valence-electron chi connectivity index (χ2n) is 1.79. The molecular weight excluding hydrogens is 121 g/mol. The molecule has 0 aromatic carbocycles. The van der Waals surface area contributed by atoms with Crippen molar-refractivity contribution in [3.63, 3.8) is 0 Å². The van der Waals surface area contributed by atoms with Gasteiger partial charge in [-0.2, -0.15) is 4.39 Å². The summed E-state index contributed by atoms with van der Waals surface area (Å²) in [6, 6.07) is 1.18. The molecule has 0 fully saturated rings. The molecule has 1 N–H and O–H groups in total. The number of halogens is 1. The largest absolute Gasteiger partial charge is 0.506 e. The van der Waals surface area contributed by atoms with Gasteiger partial charge in [-0.15, -0.1) is 0 Å². The summed E-state index contributed by atoms with van der Waals surface area (Å²) in [6.07, 6.45) is 1.09. The Morgan fingerprint density at radius 3 is 2.78 bits per heavy atom. The molecule has 0 aliphatic rings. The van der Waals surface area contributed by atoms with Crippen molar-refractivity contribution < 1.29 is 9.50 Å². The summed E-state index contributed by atoms with van der Waals surface area (Å²) in [7, 11) is 0. The fourth-order valence-corrected chi connectivity index (χ4v) is 0.514. The van der Waals surface area contributed by atoms with Gasteiger partial charge < -0.3 is 5.11 Å². The van der Waals surface area contributed by atoms with Crippen LogP contribution in [0.4, 0.5) is 4.39 Å². The average molecular weight is 127 g/mol. The van der Waals surface area contributed by atoms with Crippen LogP contribution in [0, 0.1) is 12.9 Å². The van der Waals surface area contributed by atoms with E-state index in [-0.39, 0.29) is 5.75 Å². The highest BCUT2D eigenvalue weighted by Gasteiger charge is 1.95. The lowest BCUT2D eigenvalue weighted by atomic mass is 10.3. The Bertz CT molecular complexity index is 224. The lowest BCUT2D eigenvalue weighted by Gasteiger charge is -1.93. The normalized spacial score (nSPS) is 9.56. The molecule has 2 nitrogen and oxygen atoms in total. The molecule has 1 heterocycles. The van der Waals surface area contributed by atoms with Gasteiger partial charge in [-0.05, 0) is 18.6 Å². The minimum absolute atomic E-state index is 0.0244. The third-order valence-corrected chi connectivity index (χ3v) is 1.05. The Morgan fingerprint density at radius 2 is 2.33 bits per heavy atom. The predicted octanol–water partition coefficient (Wildman–Crippen LogP) is 1.23. The van der Waals surface area contributed by atoms with Gasteiger partial charge in [0, 0.05) is 0 Å². The van der Waals surface area contributed by atoms with Crippen molar-refractivity contribution >= 4 is 0 Å². The molecule has 0 unspecified atom stereocenters. The van der Waals surface area contributed by atoms with Crippen molar-refractivity contribution in [2.24, 2.45) is 0 Å². The summed E-state index contributed by atoms with van der Waals surface area (Å²) in [5.41, 5.74) is 0.502. The molecule has 0 atom stereocenters. The number of aromatic hydroxyl groups is 1. The van der Waals surface area contributed by atoms with E-state index in [1.54, 1.807) is 6.92 Å². The first-order chi connectivity index (χ1) is 4.20. The molecule has 0 bridgehead atoms. The smallest absolute Gasteiger partial charge is 0.213 e. The van der Waals surface area contributed by atoms with Crippen LogP contribution in [0.1, 0.15) is 5.56 Å². The summed E-state index contributed by atoms with van der Waals surface area (Å²) >= 11 is 0. The van der Waals surface area contributed by atoms with Gasteiger partial charge in [0.05, 0.1) is 6.20 Å². The molecule has 3 heteroatoms. The zero-order valence-corrected chi connectivity index (χ0v) is 4.93. The molecule has 0 aliphatic carbocycles. The molecule has 0 amide bonds. The van der Waals surface area contributed by atoms with E-state index in [1.807, 2.05) is 0 Å². The number of pyridine rings is 1. The lowest BCUT2D eigenvalue weighted by molar-refractivity contribution is 0.462. The molecule has 0 saturated heterocycles. The first-order valence-electron chi connectivity index (χ1n) is 2.51. The quantitative estimate of drug-likeness (QED) is 0.532. The van der Waals surface area contributed by atoms with Crippen LogP contribution in [-0.2, 0) is 0 Å². The van der Waals surface area contributed by atoms with Gasteiger partial charge >= 0.3 is 0 Å². The van der Waals surface area contributed by atoms with Crippen molar-refractivity contribution in [3.8, 4) is 5.75 Å². The van der Waals surface area contributed by atoms with Crippen LogP contribution < -0.4 is 0 Å². The Morgan fingerprint density at radius 1 is 1.67 bits per heavy atom. The maximum atomic E-state index is 12.1. The summed E-state index contributed by atoms with van der Waals surface area (Å²) in [6.45, 7) is 1.61. The molecule has 1 rings (SSSR count). The van der Waals surface area contributed by atoms with E-state index in [1.165, 1.54) is 6.07 Å². The Labute approximate surface area is 52.0 Å². The van der Waals surface area contributed by atoms with E-state index < -0.39 is 5.95 Å². The molecule has 1 aromatic rings. The summed E-state index contributed by atoms with van der Waals surface area (Å²) < 4.78 is 12.1. The van der Waals surface area contributed by atoms with Crippen LogP contribution in [0.2, 0.25) is 0 Å². The van der Waals surface area contributed by atoms with Crippen LogP contribution in [0.15, 0.2) is 12.3 Å². The lowest BCUT2D eigenvalue weighted by Crippen LogP contribution is -1.82. The van der Waals surface area contributed by atoms with Crippen molar-refractivity contribution in [2.75, 3.05) is 0 Å². The molecule has 9 heavy (non-hydrogen) atoms. The first kappa shape index (κ1) is 6.01. The first-order valence-corrected chi connectivity index (χ1v) is 2.51. The standard InChI is InChI=1S/C6H6FNO/c1-4-2-6(7)8-3-5(4)9/h2-3,9H,1H3. The number of aryl methyl sites for hydroxylation is 1. The fourth-order valence-electron chi connectivity index (χ4n) is 0.514. The van der Waals surface area contributed by atoms with Crippen molar-refractivity contribution in [1.29, 1.82) is 0 Å². The van der Waals surface area contributed by atoms with E-state index >= 15 is 0 Å². The minimum Gasteiger partial charge on any atom is -0.506 e. The maximum absolute atomic E-state index is 12.1. The molecule has 48 valence electrons. The Kier molecular flexibility index (Phi) is 1.34. The van der Waals surface area contributed by atoms with Gasteiger partial charge in [0.1, 0.15) is 5.75 Å². The molecule has 0 saturated carbocycles. The molecule has 0 spiro atoms. The summed E-state index contributed by atoms with van der Waals surface area (Å²) in [4.78, 5) is 3.22. The average Bonchev–Trinajstić information content (AvgIpc) is 1.80. The zero-order valence-electron chi connectivity index (χ0n) is 4.93. The third kappa shape index (κ3) is 1.16. The van der Waals surface area contributed by atoms with E-state index in [4.69, 9.17) is 5.11 Å². The highest BCUT2D eigenvalue weighted by atomic mass is 19.1. The van der Waals surface area contributed by atoms with Crippen molar-refractivity contribution in [2.45, 2.75) is 6.92 Å². The maximum Gasteiger partial charge on any atom is 0.213 e. The van der Waals surface area contributed by atoms with Gasteiger partial charge in [0.25, 0.3) is 0 Å². The van der Waals surface area contributed by atoms with Gasteiger partial charge in [-0.3, -0.25) is 0 Å². The topological polar surface area (TPSA) is 33.1 Å². The van der Waals surface area contributed by atoms with E-state index in [2.05, 4.69) is 4.98 Å². The van der Waals surface area contributed by atoms with Gasteiger partial charge in [0.2, 0.25) is 5.95 Å². The number of aromatic nitrogens is 1. The summed E-state index contributed by atoms with van der Waals surface area (Å²) in [5, 5.41) is 8.81. The zero-order chi connectivity index (χ0) is 6.85. The fraction of sp³-hybridized carbons (Fsp3) is 0.167. The second kappa shape index (κ2) is 2.01. The Hall–Kier alpha value is -1.12. The van der Waals surface area contributed by atoms with Crippen LogP contribution in [0.5, 0.6) is 5.75 Å². The van der Waals surface area contributed by atoms with Crippen LogP contribution in [0.25, 0.3) is 0 Å². The number of nitrogens with zero attached hydrogens (tertiary/aromatic N) is 1. The van der Waals surface area contributed by atoms with Crippen molar-refractivity contribution in [3.05, 3.63) is 23.8 Å². The van der Waals surface area contributed by atoms with E-state index in [0.717, 1.165) is 6.20 Å². The van der Waals surface area contributed by atoms with Crippen LogP contribution in [-0.4, -0.2) is 10.1 Å². The number of hydrogen-bond donors (Lipinski definition) is 1. The Balaban J connectivity index is 3.17. The monoisotopic (exact) mass is 127 g/mol. The SMILES string of the molecule is Cc1cc(F)ncc1O. The highest BCUT2D eigenvalue weighted by molar-refractivity contribution is 5.26. The van der Waals surface area contributed by atoms with Crippen LogP contribution >= 0.6 is 0 Å². The van der Waals surface area contributed by atoms with Crippen LogP contribution in [0.3, 0.4) is 0 Å². The third-order valence-electron chi connectivity index (χ3n) is 1.05. The van der Waals surface area contributed by atoms with Gasteiger partial charge in [-0.1, -0.05) is 0 Å².